The number of halogens is 2. The second-order valence-corrected chi connectivity index (χ2v) is 6.25. The summed E-state index contributed by atoms with van der Waals surface area (Å²) in [6.45, 7) is 5.81. The number of carbonyl (C=O) groups is 2. The van der Waals surface area contributed by atoms with Crippen molar-refractivity contribution < 1.29 is 14.0 Å². The molecule has 0 fully saturated rings. The third-order valence-corrected chi connectivity index (χ3v) is 4.06. The topological polar surface area (TPSA) is 49.4 Å². The fraction of sp³-hybridized carbons (Fsp3) is 0.263. The Hall–Kier alpha value is -2.40. The van der Waals surface area contributed by atoms with Crippen molar-refractivity contribution in [2.45, 2.75) is 20.8 Å². The van der Waals surface area contributed by atoms with Gasteiger partial charge in [0.1, 0.15) is 5.82 Å². The van der Waals surface area contributed by atoms with Gasteiger partial charge in [-0.05, 0) is 55.3 Å². The molecule has 0 bridgehead atoms. The molecule has 0 aliphatic heterocycles. The molecule has 2 amide bonds. The summed E-state index contributed by atoms with van der Waals surface area (Å²) in [5, 5.41) is 3.22. The zero-order chi connectivity index (χ0) is 18.6. The summed E-state index contributed by atoms with van der Waals surface area (Å²) in [7, 11) is 0. The summed E-state index contributed by atoms with van der Waals surface area (Å²) < 4.78 is 12.9. The summed E-state index contributed by atoms with van der Waals surface area (Å²) in [6, 6.07) is 9.03. The summed E-state index contributed by atoms with van der Waals surface area (Å²) in [6.07, 6.45) is 0. The highest BCUT2D eigenvalue weighted by Gasteiger charge is 2.18. The van der Waals surface area contributed by atoms with E-state index >= 15 is 0 Å². The number of nitrogens with one attached hydrogen (secondary N) is 1. The number of hydrogen-bond acceptors (Lipinski definition) is 2. The number of rotatable bonds is 5. The molecule has 0 atom stereocenters. The van der Waals surface area contributed by atoms with E-state index in [1.165, 1.54) is 31.2 Å². The maximum atomic E-state index is 12.9. The normalized spacial score (nSPS) is 10.4. The average molecular weight is 363 g/mol. The largest absolute Gasteiger partial charge is 0.350 e. The smallest absolute Gasteiger partial charge is 0.251 e. The van der Waals surface area contributed by atoms with Gasteiger partial charge < -0.3 is 10.2 Å². The monoisotopic (exact) mass is 362 g/mol. The first-order valence-corrected chi connectivity index (χ1v) is 8.26. The second-order valence-electron chi connectivity index (χ2n) is 5.85. The molecule has 4 nitrogen and oxygen atoms in total. The Labute approximate surface area is 151 Å². The molecule has 0 aliphatic rings. The molecule has 2 rings (SSSR count). The minimum absolute atomic E-state index is 0.162. The Morgan fingerprint density at radius 1 is 1.16 bits per heavy atom. The van der Waals surface area contributed by atoms with Gasteiger partial charge in [0.05, 0.1) is 10.7 Å². The molecule has 0 saturated heterocycles. The molecule has 2 aromatic rings. The fourth-order valence-corrected chi connectivity index (χ4v) is 3.08. The number of amides is 2. The van der Waals surface area contributed by atoms with Gasteiger partial charge in [-0.2, -0.15) is 0 Å². The van der Waals surface area contributed by atoms with Crippen LogP contribution in [0.3, 0.4) is 0 Å². The van der Waals surface area contributed by atoms with Gasteiger partial charge in [0.15, 0.2) is 0 Å². The first-order chi connectivity index (χ1) is 11.8. The van der Waals surface area contributed by atoms with E-state index in [4.69, 9.17) is 11.6 Å². The van der Waals surface area contributed by atoms with E-state index in [1.54, 1.807) is 11.0 Å². The van der Waals surface area contributed by atoms with E-state index in [9.17, 15) is 14.0 Å². The van der Waals surface area contributed by atoms with E-state index in [1.807, 2.05) is 19.9 Å². The van der Waals surface area contributed by atoms with Crippen molar-refractivity contribution >= 4 is 29.1 Å². The Morgan fingerprint density at radius 3 is 2.36 bits per heavy atom. The highest BCUT2D eigenvalue weighted by Crippen LogP contribution is 2.31. The molecule has 25 heavy (non-hydrogen) atoms. The number of carbonyl (C=O) groups excluding carboxylic acids is 2. The van der Waals surface area contributed by atoms with Crippen LogP contribution < -0.4 is 10.2 Å². The Morgan fingerprint density at radius 2 is 1.80 bits per heavy atom. The van der Waals surface area contributed by atoms with Crippen LogP contribution in [-0.2, 0) is 4.79 Å². The van der Waals surface area contributed by atoms with Crippen LogP contribution in [0.15, 0.2) is 36.4 Å². The van der Waals surface area contributed by atoms with Crippen molar-refractivity contribution in [2.75, 3.05) is 18.0 Å². The molecule has 1 N–H and O–H groups in total. The third kappa shape index (κ3) is 4.79. The predicted octanol–water partition coefficient (Wildman–Crippen LogP) is 3.88. The summed E-state index contributed by atoms with van der Waals surface area (Å²) in [5.74, 6) is -0.885. The predicted molar refractivity (Wildman–Crippen MR) is 97.7 cm³/mol. The molecular weight excluding hydrogens is 343 g/mol. The number of hydrogen-bond donors (Lipinski definition) is 1. The van der Waals surface area contributed by atoms with Crippen LogP contribution in [0.25, 0.3) is 0 Å². The first kappa shape index (κ1) is 18.9. The number of anilines is 1. The number of aryl methyl sites for hydroxylation is 2. The van der Waals surface area contributed by atoms with Crippen LogP contribution in [0.5, 0.6) is 0 Å². The standard InChI is InChI=1S/C19H20ClFN2O2/c1-12-10-13(2)18(17(20)11-12)23(14(3)24)9-8-22-19(25)15-4-6-16(21)7-5-15/h4-7,10-11H,8-9H2,1-3H3,(H,22,25). The number of benzene rings is 2. The Balaban J connectivity index is 2.07. The minimum atomic E-state index is -0.399. The highest BCUT2D eigenvalue weighted by molar-refractivity contribution is 6.34. The zero-order valence-corrected chi connectivity index (χ0v) is 15.2. The van der Waals surface area contributed by atoms with E-state index < -0.39 is 5.82 Å². The van der Waals surface area contributed by atoms with Crippen molar-refractivity contribution in [3.63, 3.8) is 0 Å². The lowest BCUT2D eigenvalue weighted by atomic mass is 10.1. The quantitative estimate of drug-likeness (QED) is 0.877. The average Bonchev–Trinajstić information content (AvgIpc) is 2.52. The molecule has 0 saturated carbocycles. The van der Waals surface area contributed by atoms with Gasteiger partial charge in [-0.25, -0.2) is 4.39 Å². The molecular formula is C19H20ClFN2O2. The summed E-state index contributed by atoms with van der Waals surface area (Å²) in [5.41, 5.74) is 2.92. The van der Waals surface area contributed by atoms with Crippen molar-refractivity contribution in [1.82, 2.24) is 5.32 Å². The van der Waals surface area contributed by atoms with Gasteiger partial charge in [0.2, 0.25) is 5.91 Å². The third-order valence-electron chi connectivity index (χ3n) is 3.78. The zero-order valence-electron chi connectivity index (χ0n) is 14.4. The van der Waals surface area contributed by atoms with E-state index in [-0.39, 0.29) is 24.9 Å². The fourth-order valence-electron chi connectivity index (χ4n) is 2.66. The van der Waals surface area contributed by atoms with E-state index in [0.29, 0.717) is 16.3 Å². The Bertz CT molecular complexity index is 768. The van der Waals surface area contributed by atoms with Gasteiger partial charge in [0, 0.05) is 25.6 Å². The Kier molecular flexibility index (Phi) is 6.15. The van der Waals surface area contributed by atoms with Crippen molar-refractivity contribution in [2.24, 2.45) is 0 Å². The lowest BCUT2D eigenvalue weighted by molar-refractivity contribution is -0.116. The van der Waals surface area contributed by atoms with Crippen LogP contribution >= 0.6 is 11.6 Å². The van der Waals surface area contributed by atoms with Gasteiger partial charge in [0.25, 0.3) is 5.91 Å². The molecule has 0 aliphatic carbocycles. The van der Waals surface area contributed by atoms with Gasteiger partial charge in [-0.1, -0.05) is 17.7 Å². The summed E-state index contributed by atoms with van der Waals surface area (Å²) in [4.78, 5) is 25.6. The SMILES string of the molecule is CC(=O)N(CCNC(=O)c1ccc(F)cc1)c1c(C)cc(C)cc1Cl. The lowest BCUT2D eigenvalue weighted by Crippen LogP contribution is -2.38. The van der Waals surface area contributed by atoms with Crippen molar-refractivity contribution in [3.8, 4) is 0 Å². The second kappa shape index (κ2) is 8.12. The molecule has 0 heterocycles. The van der Waals surface area contributed by atoms with E-state index in [2.05, 4.69) is 5.32 Å². The van der Waals surface area contributed by atoms with Crippen LogP contribution in [0, 0.1) is 19.7 Å². The molecule has 2 aromatic carbocycles. The molecule has 0 unspecified atom stereocenters. The minimum Gasteiger partial charge on any atom is -0.350 e. The van der Waals surface area contributed by atoms with Gasteiger partial charge in [-0.3, -0.25) is 9.59 Å². The maximum absolute atomic E-state index is 12.9. The van der Waals surface area contributed by atoms with Crippen LogP contribution in [0.1, 0.15) is 28.4 Å². The highest BCUT2D eigenvalue weighted by atomic mass is 35.5. The molecule has 0 radical (unpaired) electrons. The maximum Gasteiger partial charge on any atom is 0.251 e. The lowest BCUT2D eigenvalue weighted by Gasteiger charge is -2.25. The molecule has 0 aromatic heterocycles. The first-order valence-electron chi connectivity index (χ1n) is 7.88. The summed E-state index contributed by atoms with van der Waals surface area (Å²) >= 11 is 6.31. The molecule has 0 spiro atoms. The molecule has 132 valence electrons. The van der Waals surface area contributed by atoms with Gasteiger partial charge >= 0.3 is 0 Å². The van der Waals surface area contributed by atoms with Crippen LogP contribution in [0.2, 0.25) is 5.02 Å². The molecule has 6 heteroatoms. The van der Waals surface area contributed by atoms with Crippen LogP contribution in [0.4, 0.5) is 10.1 Å². The van der Waals surface area contributed by atoms with Crippen molar-refractivity contribution in [1.29, 1.82) is 0 Å². The number of nitrogens with zero attached hydrogens (tertiary/aromatic N) is 1. The van der Waals surface area contributed by atoms with Crippen molar-refractivity contribution in [3.05, 3.63) is 63.9 Å². The van der Waals surface area contributed by atoms with Crippen LogP contribution in [-0.4, -0.2) is 24.9 Å². The van der Waals surface area contributed by atoms with E-state index in [0.717, 1.165) is 11.1 Å². The van der Waals surface area contributed by atoms with Gasteiger partial charge in [-0.15, -0.1) is 0 Å².